The predicted molar refractivity (Wildman–Crippen MR) is 89.1 cm³/mol. The quantitative estimate of drug-likeness (QED) is 0.864. The maximum absolute atomic E-state index is 13.6. The Kier molecular flexibility index (Phi) is 5.77. The molecule has 0 aromatic heterocycles. The highest BCUT2D eigenvalue weighted by atomic mass is 19.1. The standard InChI is InChI=1S/C17H24FN3O3/c1-12-4-5-13(10-14(12)18)20-16(23)21-8-3-6-17(11-21,15(19)22)7-9-24-2/h4-5,10H,3,6-9,11H2,1-2H3,(H2,19,22)(H,20,23). The first-order chi connectivity index (χ1) is 11.4. The molecule has 0 radical (unpaired) electrons. The summed E-state index contributed by atoms with van der Waals surface area (Å²) < 4.78 is 18.7. The van der Waals surface area contributed by atoms with Gasteiger partial charge in [-0.15, -0.1) is 0 Å². The first-order valence-corrected chi connectivity index (χ1v) is 7.99. The molecule has 3 amide bonds. The molecule has 1 saturated heterocycles. The molecule has 0 saturated carbocycles. The maximum atomic E-state index is 13.6. The van der Waals surface area contributed by atoms with Crippen LogP contribution in [-0.4, -0.2) is 43.6 Å². The molecular weight excluding hydrogens is 313 g/mol. The molecule has 1 heterocycles. The molecule has 6 nitrogen and oxygen atoms in total. The van der Waals surface area contributed by atoms with Gasteiger partial charge >= 0.3 is 6.03 Å². The van der Waals surface area contributed by atoms with E-state index in [2.05, 4.69) is 5.32 Å². The zero-order valence-corrected chi connectivity index (χ0v) is 14.1. The molecule has 1 aliphatic heterocycles. The number of methoxy groups -OCH3 is 1. The Hall–Kier alpha value is -2.15. The summed E-state index contributed by atoms with van der Waals surface area (Å²) in [5.41, 5.74) is 5.72. The number of nitrogens with one attached hydrogen (secondary N) is 1. The number of hydrogen-bond donors (Lipinski definition) is 2. The van der Waals surface area contributed by atoms with Crippen molar-refractivity contribution in [2.24, 2.45) is 11.1 Å². The lowest BCUT2D eigenvalue weighted by atomic mass is 9.76. The molecule has 1 atom stereocenters. The third kappa shape index (κ3) is 4.03. The minimum atomic E-state index is -0.774. The van der Waals surface area contributed by atoms with Crippen molar-refractivity contribution in [3.8, 4) is 0 Å². The molecule has 1 unspecified atom stereocenters. The van der Waals surface area contributed by atoms with Gasteiger partial charge in [0.25, 0.3) is 0 Å². The minimum absolute atomic E-state index is 0.242. The van der Waals surface area contributed by atoms with Gasteiger partial charge in [0.1, 0.15) is 5.82 Å². The Morgan fingerprint density at radius 1 is 1.46 bits per heavy atom. The molecule has 0 aliphatic carbocycles. The van der Waals surface area contributed by atoms with Crippen LogP contribution in [0.25, 0.3) is 0 Å². The Balaban J connectivity index is 2.08. The third-order valence-electron chi connectivity index (χ3n) is 4.59. The summed E-state index contributed by atoms with van der Waals surface area (Å²) in [5.74, 6) is -0.795. The molecule has 24 heavy (non-hydrogen) atoms. The number of primary amides is 1. The van der Waals surface area contributed by atoms with E-state index in [1.54, 1.807) is 31.1 Å². The van der Waals surface area contributed by atoms with E-state index in [0.29, 0.717) is 43.7 Å². The highest BCUT2D eigenvalue weighted by Crippen LogP contribution is 2.33. The number of ether oxygens (including phenoxy) is 1. The Bertz CT molecular complexity index is 623. The molecule has 2 rings (SSSR count). The number of halogens is 1. The normalized spacial score (nSPS) is 20.7. The molecule has 1 fully saturated rings. The smallest absolute Gasteiger partial charge is 0.321 e. The average Bonchev–Trinajstić information content (AvgIpc) is 2.56. The summed E-state index contributed by atoms with van der Waals surface area (Å²) >= 11 is 0. The zero-order chi connectivity index (χ0) is 17.7. The van der Waals surface area contributed by atoms with Crippen LogP contribution >= 0.6 is 0 Å². The van der Waals surface area contributed by atoms with E-state index in [1.807, 2.05) is 0 Å². The highest BCUT2D eigenvalue weighted by molar-refractivity contribution is 5.90. The summed E-state index contributed by atoms with van der Waals surface area (Å²) in [6, 6.07) is 4.17. The number of aryl methyl sites for hydroxylation is 1. The van der Waals surface area contributed by atoms with Crippen LogP contribution in [0.3, 0.4) is 0 Å². The van der Waals surface area contributed by atoms with Crippen molar-refractivity contribution in [2.45, 2.75) is 26.2 Å². The number of nitrogens with zero attached hydrogens (tertiary/aromatic N) is 1. The number of likely N-dealkylation sites (tertiary alicyclic amines) is 1. The fourth-order valence-corrected chi connectivity index (χ4v) is 3.00. The summed E-state index contributed by atoms with van der Waals surface area (Å²) in [6.45, 7) is 2.83. The van der Waals surface area contributed by atoms with Gasteiger partial charge in [-0.25, -0.2) is 9.18 Å². The van der Waals surface area contributed by atoms with Crippen molar-refractivity contribution in [2.75, 3.05) is 32.1 Å². The highest BCUT2D eigenvalue weighted by Gasteiger charge is 2.41. The van der Waals surface area contributed by atoms with Crippen LogP contribution < -0.4 is 11.1 Å². The first kappa shape index (κ1) is 18.2. The number of amides is 3. The van der Waals surface area contributed by atoms with Crippen molar-refractivity contribution in [1.29, 1.82) is 0 Å². The fraction of sp³-hybridized carbons (Fsp3) is 0.529. The Morgan fingerprint density at radius 3 is 2.83 bits per heavy atom. The van der Waals surface area contributed by atoms with Crippen LogP contribution in [-0.2, 0) is 9.53 Å². The second-order valence-corrected chi connectivity index (χ2v) is 6.31. The van der Waals surface area contributed by atoms with Gasteiger partial charge in [-0.1, -0.05) is 6.07 Å². The van der Waals surface area contributed by atoms with Crippen molar-refractivity contribution in [3.05, 3.63) is 29.6 Å². The molecule has 1 aromatic carbocycles. The molecular formula is C17H24FN3O3. The van der Waals surface area contributed by atoms with E-state index >= 15 is 0 Å². The van der Waals surface area contributed by atoms with E-state index in [-0.39, 0.29) is 18.4 Å². The van der Waals surface area contributed by atoms with Crippen LogP contribution in [0.2, 0.25) is 0 Å². The largest absolute Gasteiger partial charge is 0.385 e. The average molecular weight is 337 g/mol. The fourth-order valence-electron chi connectivity index (χ4n) is 3.00. The van der Waals surface area contributed by atoms with E-state index in [0.717, 1.165) is 0 Å². The van der Waals surface area contributed by atoms with Gasteiger partial charge in [-0.3, -0.25) is 4.79 Å². The van der Waals surface area contributed by atoms with E-state index < -0.39 is 11.3 Å². The summed E-state index contributed by atoms with van der Waals surface area (Å²) in [6.07, 6.45) is 1.79. The van der Waals surface area contributed by atoms with Crippen molar-refractivity contribution in [1.82, 2.24) is 4.90 Å². The molecule has 1 aromatic rings. The lowest BCUT2D eigenvalue weighted by molar-refractivity contribution is -0.131. The first-order valence-electron chi connectivity index (χ1n) is 7.99. The van der Waals surface area contributed by atoms with Crippen LogP contribution in [0.15, 0.2) is 18.2 Å². The third-order valence-corrected chi connectivity index (χ3v) is 4.59. The Morgan fingerprint density at radius 2 is 2.21 bits per heavy atom. The summed E-state index contributed by atoms with van der Waals surface area (Å²) in [4.78, 5) is 26.0. The number of hydrogen-bond acceptors (Lipinski definition) is 3. The topological polar surface area (TPSA) is 84.7 Å². The van der Waals surface area contributed by atoms with Gasteiger partial charge < -0.3 is 20.7 Å². The van der Waals surface area contributed by atoms with Crippen molar-refractivity contribution in [3.63, 3.8) is 0 Å². The monoisotopic (exact) mass is 337 g/mol. The number of nitrogens with two attached hydrogens (primary N) is 1. The van der Waals surface area contributed by atoms with E-state index in [9.17, 15) is 14.0 Å². The number of piperidine rings is 1. The molecule has 7 heteroatoms. The van der Waals surface area contributed by atoms with Gasteiger partial charge in [0.15, 0.2) is 0 Å². The van der Waals surface area contributed by atoms with Crippen LogP contribution in [0, 0.1) is 18.2 Å². The molecule has 0 bridgehead atoms. The predicted octanol–water partition coefficient (Wildman–Crippen LogP) is 2.27. The van der Waals surface area contributed by atoms with Crippen molar-refractivity contribution >= 4 is 17.6 Å². The lowest BCUT2D eigenvalue weighted by Gasteiger charge is -2.40. The van der Waals surface area contributed by atoms with Crippen LogP contribution in [0.5, 0.6) is 0 Å². The van der Waals surface area contributed by atoms with E-state index in [4.69, 9.17) is 10.5 Å². The SMILES string of the molecule is COCCC1(C(N)=O)CCCN(C(=O)Nc2ccc(C)c(F)c2)C1. The second-order valence-electron chi connectivity index (χ2n) is 6.31. The number of anilines is 1. The van der Waals surface area contributed by atoms with Gasteiger partial charge in [0, 0.05) is 32.5 Å². The number of benzene rings is 1. The summed E-state index contributed by atoms with van der Waals surface area (Å²) in [7, 11) is 1.56. The molecule has 3 N–H and O–H groups in total. The lowest BCUT2D eigenvalue weighted by Crippen LogP contribution is -2.53. The van der Waals surface area contributed by atoms with Crippen LogP contribution in [0.4, 0.5) is 14.9 Å². The number of carbonyl (C=O) groups is 2. The minimum Gasteiger partial charge on any atom is -0.385 e. The summed E-state index contributed by atoms with van der Waals surface area (Å²) in [5, 5.41) is 2.68. The number of urea groups is 1. The second kappa shape index (κ2) is 7.61. The van der Waals surface area contributed by atoms with Gasteiger partial charge in [-0.2, -0.15) is 0 Å². The van der Waals surface area contributed by atoms with Gasteiger partial charge in [0.2, 0.25) is 5.91 Å². The Labute approximate surface area is 141 Å². The van der Waals surface area contributed by atoms with Gasteiger partial charge in [-0.05, 0) is 43.9 Å². The van der Waals surface area contributed by atoms with E-state index in [1.165, 1.54) is 6.07 Å². The molecule has 0 spiro atoms. The number of carbonyl (C=O) groups excluding carboxylic acids is 2. The number of rotatable bonds is 5. The van der Waals surface area contributed by atoms with Crippen LogP contribution in [0.1, 0.15) is 24.8 Å². The zero-order valence-electron chi connectivity index (χ0n) is 14.1. The van der Waals surface area contributed by atoms with Gasteiger partial charge in [0.05, 0.1) is 5.41 Å². The van der Waals surface area contributed by atoms with Crippen molar-refractivity contribution < 1.29 is 18.7 Å². The molecule has 132 valence electrons. The molecule has 1 aliphatic rings. The maximum Gasteiger partial charge on any atom is 0.321 e.